The first kappa shape index (κ1) is 18.8. The first-order valence-corrected chi connectivity index (χ1v) is 10.5. The lowest BCUT2D eigenvalue weighted by molar-refractivity contribution is -0.137. The van der Waals surface area contributed by atoms with E-state index in [0.29, 0.717) is 6.54 Å². The zero-order valence-electron chi connectivity index (χ0n) is 14.8. The monoisotopic (exact) mass is 457 g/mol. The molecule has 1 saturated carbocycles. The zero-order chi connectivity index (χ0) is 19.2. The summed E-state index contributed by atoms with van der Waals surface area (Å²) in [6.07, 6.45) is -0.929. The molecule has 4 rings (SSSR count). The maximum absolute atomic E-state index is 12.8. The summed E-state index contributed by atoms with van der Waals surface area (Å²) >= 11 is 5.18. The Labute approximate surface area is 168 Å². The second-order valence-electron chi connectivity index (χ2n) is 6.90. The smallest absolute Gasteiger partial charge is 0.352 e. The second-order valence-corrected chi connectivity index (χ2v) is 9.20. The molecule has 27 heavy (non-hydrogen) atoms. The Morgan fingerprint density at radius 1 is 1.15 bits per heavy atom. The molecular weight excluding hydrogens is 439 g/mol. The quantitative estimate of drug-likeness (QED) is 0.567. The summed E-state index contributed by atoms with van der Waals surface area (Å²) in [5.74, 6) is 1.20. The van der Waals surface area contributed by atoms with Gasteiger partial charge in [-0.25, -0.2) is 4.98 Å². The molecule has 1 aliphatic carbocycles. The van der Waals surface area contributed by atoms with Crippen molar-refractivity contribution in [1.29, 1.82) is 0 Å². The van der Waals surface area contributed by atoms with Crippen LogP contribution in [0.3, 0.4) is 0 Å². The molecule has 1 aliphatic heterocycles. The van der Waals surface area contributed by atoms with E-state index < -0.39 is 11.7 Å². The summed E-state index contributed by atoms with van der Waals surface area (Å²) in [6, 6.07) is 5.50. The minimum Gasteiger partial charge on any atom is -0.352 e. The van der Waals surface area contributed by atoms with E-state index in [4.69, 9.17) is 0 Å². The molecule has 1 saturated heterocycles. The van der Waals surface area contributed by atoms with E-state index in [9.17, 15) is 13.2 Å². The number of anilines is 1. The van der Waals surface area contributed by atoms with E-state index >= 15 is 0 Å². The molecule has 1 aromatic carbocycles. The number of aryl methyl sites for hydroxylation is 1. The summed E-state index contributed by atoms with van der Waals surface area (Å²) in [5, 5.41) is 0.976. The molecule has 0 unspecified atom stereocenters. The molecule has 3 nitrogen and oxygen atoms in total. The molecule has 0 bridgehead atoms. The van der Waals surface area contributed by atoms with Crippen LogP contribution in [0.15, 0.2) is 39.4 Å². The average Bonchev–Trinajstić information content (AvgIpc) is 3.10. The maximum Gasteiger partial charge on any atom is 0.416 e. The van der Waals surface area contributed by atoms with E-state index in [-0.39, 0.29) is 0 Å². The van der Waals surface area contributed by atoms with Gasteiger partial charge in [-0.05, 0) is 65.4 Å². The first-order valence-electron chi connectivity index (χ1n) is 8.86. The van der Waals surface area contributed by atoms with Crippen molar-refractivity contribution in [3.63, 3.8) is 0 Å². The van der Waals surface area contributed by atoms with Crippen molar-refractivity contribution in [3.8, 4) is 0 Å². The van der Waals surface area contributed by atoms with Gasteiger partial charge in [0.2, 0.25) is 0 Å². The highest BCUT2D eigenvalue weighted by atomic mass is 79.9. The second kappa shape index (κ2) is 7.13. The Balaban J connectivity index is 1.58. The van der Waals surface area contributed by atoms with Crippen LogP contribution in [0.5, 0.6) is 0 Å². The Kier molecular flexibility index (Phi) is 4.96. The van der Waals surface area contributed by atoms with Crippen molar-refractivity contribution < 1.29 is 13.2 Å². The number of thiazole rings is 1. The number of rotatable bonds is 3. The van der Waals surface area contributed by atoms with E-state index in [1.807, 2.05) is 6.92 Å². The molecule has 144 valence electrons. The van der Waals surface area contributed by atoms with Gasteiger partial charge in [0.05, 0.1) is 15.0 Å². The lowest BCUT2D eigenvalue weighted by Gasteiger charge is -2.30. The van der Waals surface area contributed by atoms with E-state index in [1.54, 1.807) is 23.5 Å². The standard InChI is InChI=1S/C19H19BrF3N3S/c1-12-16(20)27-18(24-12)26-10-9-25(17(26)14-3-2-4-14)11-13-5-7-15(8-6-13)19(21,22)23/h5-8H,2-4,9-11H2,1H3. The molecule has 0 spiro atoms. The highest BCUT2D eigenvalue weighted by Gasteiger charge is 2.33. The Morgan fingerprint density at radius 3 is 2.37 bits per heavy atom. The fourth-order valence-electron chi connectivity index (χ4n) is 3.43. The number of halogens is 4. The van der Waals surface area contributed by atoms with Crippen LogP contribution in [-0.4, -0.2) is 23.0 Å². The van der Waals surface area contributed by atoms with Crippen molar-refractivity contribution >= 4 is 32.4 Å². The van der Waals surface area contributed by atoms with Crippen LogP contribution in [0.1, 0.15) is 36.1 Å². The third kappa shape index (κ3) is 3.74. The highest BCUT2D eigenvalue weighted by molar-refractivity contribution is 9.11. The van der Waals surface area contributed by atoms with Crippen molar-refractivity contribution in [2.45, 2.75) is 38.9 Å². The molecule has 2 heterocycles. The summed E-state index contributed by atoms with van der Waals surface area (Å²) in [4.78, 5) is 9.22. The van der Waals surface area contributed by atoms with Gasteiger partial charge in [0.25, 0.3) is 0 Å². The van der Waals surface area contributed by atoms with Crippen molar-refractivity contribution in [2.24, 2.45) is 0 Å². The Morgan fingerprint density at radius 2 is 1.85 bits per heavy atom. The molecule has 0 atom stereocenters. The van der Waals surface area contributed by atoms with Crippen LogP contribution < -0.4 is 4.90 Å². The lowest BCUT2D eigenvalue weighted by Crippen LogP contribution is -2.26. The molecule has 2 fully saturated rings. The molecule has 8 heteroatoms. The third-order valence-corrected chi connectivity index (χ3v) is 7.06. The van der Waals surface area contributed by atoms with Gasteiger partial charge >= 0.3 is 6.18 Å². The molecular formula is C19H19BrF3N3S. The predicted octanol–water partition coefficient (Wildman–Crippen LogP) is 5.95. The van der Waals surface area contributed by atoms with Gasteiger partial charge in [0.15, 0.2) is 5.13 Å². The zero-order valence-corrected chi connectivity index (χ0v) is 17.2. The third-order valence-electron chi connectivity index (χ3n) is 5.04. The lowest BCUT2D eigenvalue weighted by atomic mass is 9.92. The van der Waals surface area contributed by atoms with Crippen LogP contribution in [0, 0.1) is 6.92 Å². The normalized spacial score (nSPS) is 17.7. The number of allylic oxidation sites excluding steroid dienone is 1. The van der Waals surface area contributed by atoms with E-state index in [0.717, 1.165) is 46.1 Å². The number of nitrogens with zero attached hydrogens (tertiary/aromatic N) is 3. The van der Waals surface area contributed by atoms with Gasteiger partial charge in [0, 0.05) is 19.6 Å². The van der Waals surface area contributed by atoms with Crippen molar-refractivity contribution in [2.75, 3.05) is 18.0 Å². The number of aromatic nitrogens is 1. The molecule has 0 radical (unpaired) electrons. The number of alkyl halides is 3. The fraction of sp³-hybridized carbons (Fsp3) is 0.421. The Hall–Kier alpha value is -1.54. The molecule has 2 aliphatic rings. The molecule has 1 aromatic heterocycles. The van der Waals surface area contributed by atoms with Crippen LogP contribution in [-0.2, 0) is 12.7 Å². The number of benzene rings is 1. The van der Waals surface area contributed by atoms with Crippen LogP contribution >= 0.6 is 27.3 Å². The molecule has 0 N–H and O–H groups in total. The maximum atomic E-state index is 12.8. The topological polar surface area (TPSA) is 19.4 Å². The van der Waals surface area contributed by atoms with Gasteiger partial charge < -0.3 is 9.80 Å². The summed E-state index contributed by atoms with van der Waals surface area (Å²) in [5.41, 5.74) is 2.69. The van der Waals surface area contributed by atoms with Crippen molar-refractivity contribution in [1.82, 2.24) is 9.88 Å². The minimum atomic E-state index is -4.29. The van der Waals surface area contributed by atoms with Gasteiger partial charge in [-0.2, -0.15) is 13.2 Å². The summed E-state index contributed by atoms with van der Waals surface area (Å²) in [7, 11) is 0. The Bertz CT molecular complexity index is 848. The summed E-state index contributed by atoms with van der Waals surface area (Å²) < 4.78 is 39.4. The largest absolute Gasteiger partial charge is 0.416 e. The van der Waals surface area contributed by atoms with Gasteiger partial charge in [-0.3, -0.25) is 0 Å². The van der Waals surface area contributed by atoms with Gasteiger partial charge in [0.1, 0.15) is 5.82 Å². The fourth-order valence-corrected chi connectivity index (χ4v) is 4.78. The predicted molar refractivity (Wildman–Crippen MR) is 105 cm³/mol. The average molecular weight is 458 g/mol. The minimum absolute atomic E-state index is 0.602. The SMILES string of the molecule is Cc1nc(N2CCN(Cc3ccc(C(F)(F)F)cc3)C2=C2CCC2)sc1Br. The summed E-state index contributed by atoms with van der Waals surface area (Å²) in [6.45, 7) is 4.28. The molecule has 0 amide bonds. The van der Waals surface area contributed by atoms with Crippen LogP contribution in [0.2, 0.25) is 0 Å². The first-order chi connectivity index (χ1) is 12.8. The van der Waals surface area contributed by atoms with E-state index in [2.05, 4.69) is 30.7 Å². The highest BCUT2D eigenvalue weighted by Crippen LogP contribution is 2.40. The number of hydrogen-bond acceptors (Lipinski definition) is 4. The van der Waals surface area contributed by atoms with Crippen molar-refractivity contribution in [3.05, 3.63) is 56.3 Å². The van der Waals surface area contributed by atoms with E-state index in [1.165, 1.54) is 29.9 Å². The van der Waals surface area contributed by atoms with Crippen LogP contribution in [0.4, 0.5) is 18.3 Å². The van der Waals surface area contributed by atoms with Gasteiger partial charge in [-0.15, -0.1) is 0 Å². The van der Waals surface area contributed by atoms with Gasteiger partial charge in [-0.1, -0.05) is 23.5 Å². The number of hydrogen-bond donors (Lipinski definition) is 0. The van der Waals surface area contributed by atoms with Crippen LogP contribution in [0.25, 0.3) is 0 Å². The molecule has 2 aromatic rings.